The summed E-state index contributed by atoms with van der Waals surface area (Å²) in [4.78, 5) is 4.33. The van der Waals surface area contributed by atoms with Gasteiger partial charge in [-0.3, -0.25) is 0 Å². The monoisotopic (exact) mass is 196 g/mol. The molecular formula is C9H16N4O. The Bertz CT molecular complexity index is 280. The van der Waals surface area contributed by atoms with Crippen LogP contribution in [0.3, 0.4) is 0 Å². The van der Waals surface area contributed by atoms with E-state index in [1.165, 1.54) is 6.42 Å². The Morgan fingerprint density at radius 2 is 2.50 bits per heavy atom. The Morgan fingerprint density at radius 3 is 3.21 bits per heavy atom. The summed E-state index contributed by atoms with van der Waals surface area (Å²) < 4.78 is 5.12. The van der Waals surface area contributed by atoms with Crippen LogP contribution < -0.4 is 11.1 Å². The van der Waals surface area contributed by atoms with Gasteiger partial charge in [0.2, 0.25) is 5.89 Å². The molecule has 78 valence electrons. The average Bonchev–Trinajstić information content (AvgIpc) is 2.85. The van der Waals surface area contributed by atoms with Crippen molar-refractivity contribution in [3.05, 3.63) is 11.7 Å². The van der Waals surface area contributed by atoms with Crippen molar-refractivity contribution >= 4 is 0 Å². The fourth-order valence-electron chi connectivity index (χ4n) is 1.67. The van der Waals surface area contributed by atoms with Crippen LogP contribution in [0, 0.1) is 0 Å². The first-order valence-corrected chi connectivity index (χ1v) is 5.16. The zero-order valence-corrected chi connectivity index (χ0v) is 8.20. The van der Waals surface area contributed by atoms with Crippen LogP contribution in [0.4, 0.5) is 0 Å². The van der Waals surface area contributed by atoms with E-state index in [4.69, 9.17) is 10.3 Å². The summed E-state index contributed by atoms with van der Waals surface area (Å²) in [5.41, 5.74) is 5.40. The number of hydrogen-bond acceptors (Lipinski definition) is 5. The second-order valence-electron chi connectivity index (χ2n) is 3.59. The Hall–Kier alpha value is -0.940. The largest absolute Gasteiger partial charge is 0.339 e. The van der Waals surface area contributed by atoms with E-state index in [0.29, 0.717) is 18.5 Å². The predicted octanol–water partition coefficient (Wildman–Crippen LogP) is 0.385. The zero-order chi connectivity index (χ0) is 9.80. The van der Waals surface area contributed by atoms with Crippen molar-refractivity contribution in [1.82, 2.24) is 15.5 Å². The molecule has 5 nitrogen and oxygen atoms in total. The third kappa shape index (κ3) is 2.10. The van der Waals surface area contributed by atoms with E-state index in [2.05, 4.69) is 15.5 Å². The topological polar surface area (TPSA) is 77.0 Å². The van der Waals surface area contributed by atoms with E-state index in [-0.39, 0.29) is 0 Å². The molecule has 0 radical (unpaired) electrons. The summed E-state index contributed by atoms with van der Waals surface area (Å²) in [6, 6.07) is 0.297. The molecule has 5 heteroatoms. The number of hydrogen-bond donors (Lipinski definition) is 2. The van der Waals surface area contributed by atoms with Crippen LogP contribution in [0.15, 0.2) is 4.52 Å². The summed E-state index contributed by atoms with van der Waals surface area (Å²) in [6.45, 7) is 1.72. The summed E-state index contributed by atoms with van der Waals surface area (Å²) in [7, 11) is 0. The van der Waals surface area contributed by atoms with Gasteiger partial charge in [0.25, 0.3) is 0 Å². The van der Waals surface area contributed by atoms with Gasteiger partial charge in [-0.2, -0.15) is 4.98 Å². The van der Waals surface area contributed by atoms with Crippen molar-refractivity contribution in [2.75, 3.05) is 13.1 Å². The molecule has 1 fully saturated rings. The lowest BCUT2D eigenvalue weighted by Crippen LogP contribution is -2.14. The fourth-order valence-corrected chi connectivity index (χ4v) is 1.67. The van der Waals surface area contributed by atoms with Crippen molar-refractivity contribution < 1.29 is 4.52 Å². The van der Waals surface area contributed by atoms with Crippen LogP contribution in [-0.4, -0.2) is 23.2 Å². The Labute approximate surface area is 83.1 Å². The highest BCUT2D eigenvalue weighted by atomic mass is 16.5. The van der Waals surface area contributed by atoms with Gasteiger partial charge in [-0.05, 0) is 32.4 Å². The number of aryl methyl sites for hydroxylation is 1. The molecular weight excluding hydrogens is 180 g/mol. The van der Waals surface area contributed by atoms with Gasteiger partial charge >= 0.3 is 0 Å². The molecule has 0 bridgehead atoms. The third-order valence-corrected chi connectivity index (χ3v) is 2.45. The van der Waals surface area contributed by atoms with E-state index in [9.17, 15) is 0 Å². The van der Waals surface area contributed by atoms with E-state index in [1.54, 1.807) is 0 Å². The van der Waals surface area contributed by atoms with Gasteiger partial charge in [-0.25, -0.2) is 0 Å². The minimum atomic E-state index is 0.297. The molecule has 2 heterocycles. The summed E-state index contributed by atoms with van der Waals surface area (Å²) in [5, 5.41) is 7.29. The van der Waals surface area contributed by atoms with Crippen LogP contribution in [-0.2, 0) is 6.42 Å². The maximum Gasteiger partial charge on any atom is 0.226 e. The molecule has 0 spiro atoms. The van der Waals surface area contributed by atoms with Gasteiger partial charge in [0.15, 0.2) is 5.82 Å². The number of aromatic nitrogens is 2. The second kappa shape index (κ2) is 4.52. The SMILES string of the molecule is NCCCc1nc(C2CCCN2)no1. The second-order valence-corrected chi connectivity index (χ2v) is 3.59. The van der Waals surface area contributed by atoms with E-state index in [1.807, 2.05) is 0 Å². The number of nitrogens with two attached hydrogens (primary N) is 1. The highest BCUT2D eigenvalue weighted by Gasteiger charge is 2.21. The predicted molar refractivity (Wildman–Crippen MR) is 51.7 cm³/mol. The zero-order valence-electron chi connectivity index (χ0n) is 8.20. The minimum Gasteiger partial charge on any atom is -0.339 e. The van der Waals surface area contributed by atoms with Gasteiger partial charge in [0.05, 0.1) is 6.04 Å². The molecule has 0 aliphatic carbocycles. The highest BCUT2D eigenvalue weighted by molar-refractivity contribution is 4.96. The number of nitrogens with one attached hydrogen (secondary N) is 1. The first-order chi connectivity index (χ1) is 6.90. The lowest BCUT2D eigenvalue weighted by Gasteiger charge is -2.01. The summed E-state index contributed by atoms with van der Waals surface area (Å²) >= 11 is 0. The quantitative estimate of drug-likeness (QED) is 0.728. The molecule has 1 saturated heterocycles. The molecule has 2 rings (SSSR count). The average molecular weight is 196 g/mol. The molecule has 0 aromatic carbocycles. The molecule has 0 amide bonds. The van der Waals surface area contributed by atoms with Gasteiger partial charge < -0.3 is 15.6 Å². The summed E-state index contributed by atoms with van der Waals surface area (Å²) in [5.74, 6) is 1.51. The van der Waals surface area contributed by atoms with Crippen molar-refractivity contribution in [3.63, 3.8) is 0 Å². The first-order valence-electron chi connectivity index (χ1n) is 5.16. The van der Waals surface area contributed by atoms with Gasteiger partial charge in [-0.1, -0.05) is 5.16 Å². The lowest BCUT2D eigenvalue weighted by atomic mass is 10.2. The van der Waals surface area contributed by atoms with Crippen molar-refractivity contribution in [1.29, 1.82) is 0 Å². The molecule has 0 saturated carbocycles. The maximum absolute atomic E-state index is 5.40. The Morgan fingerprint density at radius 1 is 1.57 bits per heavy atom. The lowest BCUT2D eigenvalue weighted by molar-refractivity contribution is 0.366. The number of nitrogens with zero attached hydrogens (tertiary/aromatic N) is 2. The molecule has 1 unspecified atom stereocenters. The molecule has 1 aromatic heterocycles. The molecule has 1 atom stereocenters. The van der Waals surface area contributed by atoms with Gasteiger partial charge in [-0.15, -0.1) is 0 Å². The van der Waals surface area contributed by atoms with Crippen LogP contribution in [0.25, 0.3) is 0 Å². The molecule has 1 aliphatic heterocycles. The highest BCUT2D eigenvalue weighted by Crippen LogP contribution is 2.20. The molecule has 14 heavy (non-hydrogen) atoms. The molecule has 1 aromatic rings. The fraction of sp³-hybridized carbons (Fsp3) is 0.778. The normalized spacial score (nSPS) is 21.6. The third-order valence-electron chi connectivity index (χ3n) is 2.45. The Kier molecular flexibility index (Phi) is 3.10. The Balaban J connectivity index is 1.94. The van der Waals surface area contributed by atoms with Gasteiger partial charge in [0.1, 0.15) is 0 Å². The molecule has 1 aliphatic rings. The van der Waals surface area contributed by atoms with Crippen molar-refractivity contribution in [3.8, 4) is 0 Å². The van der Waals surface area contributed by atoms with Crippen LogP contribution in [0.5, 0.6) is 0 Å². The number of rotatable bonds is 4. The van der Waals surface area contributed by atoms with Crippen LogP contribution in [0.2, 0.25) is 0 Å². The van der Waals surface area contributed by atoms with Gasteiger partial charge in [0, 0.05) is 6.42 Å². The molecule has 3 N–H and O–H groups in total. The van der Waals surface area contributed by atoms with Crippen LogP contribution >= 0.6 is 0 Å². The van der Waals surface area contributed by atoms with Crippen molar-refractivity contribution in [2.24, 2.45) is 5.73 Å². The minimum absolute atomic E-state index is 0.297. The maximum atomic E-state index is 5.40. The van der Waals surface area contributed by atoms with Crippen molar-refractivity contribution in [2.45, 2.75) is 31.7 Å². The first kappa shape index (κ1) is 9.61. The van der Waals surface area contributed by atoms with Crippen LogP contribution in [0.1, 0.15) is 37.0 Å². The van der Waals surface area contributed by atoms with E-state index < -0.39 is 0 Å². The van der Waals surface area contributed by atoms with E-state index >= 15 is 0 Å². The standard InChI is InChI=1S/C9H16N4O/c10-5-1-4-8-12-9(13-14-8)7-3-2-6-11-7/h7,11H,1-6,10H2. The van der Waals surface area contributed by atoms with E-state index in [0.717, 1.165) is 31.6 Å². The summed E-state index contributed by atoms with van der Waals surface area (Å²) in [6.07, 6.45) is 3.99. The smallest absolute Gasteiger partial charge is 0.226 e.